The van der Waals surface area contributed by atoms with Crippen LogP contribution in [0.25, 0.3) is 0 Å². The fourth-order valence-electron chi connectivity index (χ4n) is 5.16. The van der Waals surface area contributed by atoms with Gasteiger partial charge in [-0.05, 0) is 100 Å². The van der Waals surface area contributed by atoms with E-state index >= 15 is 0 Å². The molecule has 0 saturated carbocycles. The van der Waals surface area contributed by atoms with Crippen LogP contribution < -0.4 is 14.5 Å². The number of carboxylic acid groups (broad SMARTS) is 1. The van der Waals surface area contributed by atoms with Gasteiger partial charge >= 0.3 is 5.97 Å². The second-order valence-electron chi connectivity index (χ2n) is 10.9. The summed E-state index contributed by atoms with van der Waals surface area (Å²) < 4.78 is 5.79. The van der Waals surface area contributed by atoms with Crippen LogP contribution in [0.15, 0.2) is 72.8 Å². The molecule has 4 rings (SSSR count). The number of amides is 2. The summed E-state index contributed by atoms with van der Waals surface area (Å²) in [5.74, 6) is -0.420. The van der Waals surface area contributed by atoms with Gasteiger partial charge in [0.1, 0.15) is 5.75 Å². The van der Waals surface area contributed by atoms with Crippen LogP contribution in [0.3, 0.4) is 0 Å². The average molecular weight is 563 g/mol. The molecule has 1 N–H and O–H groups in total. The second kappa shape index (κ2) is 12.1. The highest BCUT2D eigenvalue weighted by atomic mass is 35.5. The summed E-state index contributed by atoms with van der Waals surface area (Å²) in [6, 6.07) is 21.5. The Kier molecular flexibility index (Phi) is 8.84. The van der Waals surface area contributed by atoms with Gasteiger partial charge < -0.3 is 19.6 Å². The Labute approximate surface area is 240 Å². The van der Waals surface area contributed by atoms with E-state index in [0.29, 0.717) is 42.2 Å². The maximum Gasteiger partial charge on any atom is 0.309 e. The average Bonchev–Trinajstić information content (AvgIpc) is 2.92. The Balaban J connectivity index is 1.52. The molecule has 1 aliphatic heterocycles. The Morgan fingerprint density at radius 3 is 2.30 bits per heavy atom. The van der Waals surface area contributed by atoms with E-state index in [0.717, 1.165) is 16.9 Å². The number of fused-ring (bicyclic) bond motifs is 1. The number of nitrogens with zero attached hydrogens (tertiary/aromatic N) is 2. The smallest absolute Gasteiger partial charge is 0.309 e. The number of carboxylic acids is 1. The minimum absolute atomic E-state index is 0.0868. The maximum atomic E-state index is 13.8. The van der Waals surface area contributed by atoms with Gasteiger partial charge in [-0.3, -0.25) is 14.4 Å². The number of aliphatic carboxylic acids is 1. The minimum Gasteiger partial charge on any atom is -0.494 e. The Morgan fingerprint density at radius 2 is 1.68 bits per heavy atom. The standard InChI is InChI=1S/C32H35ClN2O5/c1-21-20-29(35(22(2)36)25-14-12-24(33)13-15-25)27-8-5-6-9-28(27)34(21)30(37)23-10-16-26(17-11-23)40-19-7-18-32(3,4)31(38)39/h5-6,8-17,21,29H,7,18-20H2,1-4H3,(H,38,39)/t21-,29+/m0/s1. The largest absolute Gasteiger partial charge is 0.494 e. The molecule has 8 heteroatoms. The third-order valence-corrected chi connectivity index (χ3v) is 7.68. The fourth-order valence-corrected chi connectivity index (χ4v) is 5.29. The van der Waals surface area contributed by atoms with Gasteiger partial charge in [0.25, 0.3) is 5.91 Å². The topological polar surface area (TPSA) is 87.2 Å². The SMILES string of the molecule is CC(=O)N(c1ccc(Cl)cc1)[C@@H]1C[C@H](C)N(C(=O)c2ccc(OCCCC(C)(C)C(=O)O)cc2)c2ccccc21. The summed E-state index contributed by atoms with van der Waals surface area (Å²) in [4.78, 5) is 41.5. The Bertz CT molecular complexity index is 1370. The lowest BCUT2D eigenvalue weighted by atomic mass is 9.88. The van der Waals surface area contributed by atoms with E-state index in [9.17, 15) is 19.5 Å². The van der Waals surface area contributed by atoms with Crippen LogP contribution in [0.2, 0.25) is 5.02 Å². The number of hydrogen-bond donors (Lipinski definition) is 1. The first-order chi connectivity index (χ1) is 19.0. The highest BCUT2D eigenvalue weighted by Gasteiger charge is 2.38. The van der Waals surface area contributed by atoms with E-state index in [4.69, 9.17) is 16.3 Å². The monoisotopic (exact) mass is 562 g/mol. The number of hydrogen-bond acceptors (Lipinski definition) is 4. The summed E-state index contributed by atoms with van der Waals surface area (Å²) in [7, 11) is 0. The first-order valence-corrected chi connectivity index (χ1v) is 13.8. The van der Waals surface area contributed by atoms with E-state index in [2.05, 4.69) is 0 Å². The molecule has 2 amide bonds. The first-order valence-electron chi connectivity index (χ1n) is 13.4. The number of rotatable bonds is 9. The highest BCUT2D eigenvalue weighted by Crippen LogP contribution is 2.43. The molecule has 0 radical (unpaired) electrons. The van der Waals surface area contributed by atoms with Crippen molar-refractivity contribution < 1.29 is 24.2 Å². The van der Waals surface area contributed by atoms with Crippen molar-refractivity contribution in [3.8, 4) is 5.75 Å². The summed E-state index contributed by atoms with van der Waals surface area (Å²) in [5, 5.41) is 9.85. The van der Waals surface area contributed by atoms with Crippen LogP contribution in [0.4, 0.5) is 11.4 Å². The number of anilines is 2. The van der Waals surface area contributed by atoms with Crippen LogP contribution in [0.5, 0.6) is 5.75 Å². The van der Waals surface area contributed by atoms with Gasteiger partial charge in [0, 0.05) is 34.9 Å². The van der Waals surface area contributed by atoms with E-state index in [1.54, 1.807) is 67.0 Å². The first kappa shape index (κ1) is 29.2. The lowest BCUT2D eigenvalue weighted by Gasteiger charge is -2.43. The predicted molar refractivity (Wildman–Crippen MR) is 157 cm³/mol. The molecular weight excluding hydrogens is 528 g/mol. The van der Waals surface area contributed by atoms with Crippen LogP contribution in [0.1, 0.15) is 68.9 Å². The van der Waals surface area contributed by atoms with E-state index < -0.39 is 11.4 Å². The van der Waals surface area contributed by atoms with E-state index in [-0.39, 0.29) is 23.9 Å². The number of ether oxygens (including phenoxy) is 1. The summed E-state index contributed by atoms with van der Waals surface area (Å²) in [6.07, 6.45) is 1.68. The van der Waals surface area contributed by atoms with Crippen LogP contribution in [-0.2, 0) is 9.59 Å². The zero-order valence-electron chi connectivity index (χ0n) is 23.3. The van der Waals surface area contributed by atoms with Crippen molar-refractivity contribution >= 4 is 40.8 Å². The number of carbonyl (C=O) groups excluding carboxylic acids is 2. The molecule has 40 heavy (non-hydrogen) atoms. The van der Waals surface area contributed by atoms with Crippen molar-refractivity contribution in [3.05, 3.63) is 88.9 Å². The molecule has 2 atom stereocenters. The van der Waals surface area contributed by atoms with E-state index in [1.165, 1.54) is 0 Å². The normalized spacial score (nSPS) is 16.7. The maximum absolute atomic E-state index is 13.8. The molecule has 0 spiro atoms. The molecule has 1 aliphatic rings. The number of benzene rings is 3. The fraction of sp³-hybridized carbons (Fsp3) is 0.344. The molecule has 0 unspecified atom stereocenters. The van der Waals surface area contributed by atoms with Gasteiger partial charge in [-0.15, -0.1) is 0 Å². The summed E-state index contributed by atoms with van der Waals surface area (Å²) in [6.45, 7) is 7.34. The number of carbonyl (C=O) groups is 3. The van der Waals surface area contributed by atoms with Gasteiger partial charge in [-0.2, -0.15) is 0 Å². The zero-order valence-corrected chi connectivity index (χ0v) is 24.0. The summed E-state index contributed by atoms with van der Waals surface area (Å²) >= 11 is 6.09. The van der Waals surface area contributed by atoms with Gasteiger partial charge in [0.2, 0.25) is 5.91 Å². The molecule has 0 aliphatic carbocycles. The lowest BCUT2D eigenvalue weighted by Crippen LogP contribution is -2.47. The molecular formula is C32H35ClN2O5. The number of halogens is 1. The van der Waals surface area contributed by atoms with Gasteiger partial charge in [0.15, 0.2) is 0 Å². The quantitative estimate of drug-likeness (QED) is 0.280. The van der Waals surface area contributed by atoms with Gasteiger partial charge in [-0.25, -0.2) is 0 Å². The molecule has 210 valence electrons. The Morgan fingerprint density at radius 1 is 1.02 bits per heavy atom. The Hall–Kier alpha value is -3.84. The molecule has 3 aromatic rings. The third kappa shape index (κ3) is 6.31. The molecule has 0 fully saturated rings. The summed E-state index contributed by atoms with van der Waals surface area (Å²) in [5.41, 5.74) is 2.17. The number of para-hydroxylation sites is 1. The van der Waals surface area contributed by atoms with Crippen molar-refractivity contribution in [1.29, 1.82) is 0 Å². The van der Waals surface area contributed by atoms with Gasteiger partial charge in [-0.1, -0.05) is 29.8 Å². The molecule has 0 aromatic heterocycles. The molecule has 1 heterocycles. The molecule has 0 bridgehead atoms. The third-order valence-electron chi connectivity index (χ3n) is 7.43. The molecule has 7 nitrogen and oxygen atoms in total. The van der Waals surface area contributed by atoms with Gasteiger partial charge in [0.05, 0.1) is 18.1 Å². The van der Waals surface area contributed by atoms with Crippen LogP contribution in [-0.4, -0.2) is 35.5 Å². The minimum atomic E-state index is -0.825. The second-order valence-corrected chi connectivity index (χ2v) is 11.3. The zero-order chi connectivity index (χ0) is 29.0. The predicted octanol–water partition coefficient (Wildman–Crippen LogP) is 7.14. The molecule has 0 saturated heterocycles. The van der Waals surface area contributed by atoms with Crippen molar-refractivity contribution in [3.63, 3.8) is 0 Å². The highest BCUT2D eigenvalue weighted by molar-refractivity contribution is 6.30. The van der Waals surface area contributed by atoms with Crippen LogP contribution >= 0.6 is 11.6 Å². The van der Waals surface area contributed by atoms with Crippen molar-refractivity contribution in [2.24, 2.45) is 5.41 Å². The lowest BCUT2D eigenvalue weighted by molar-refractivity contribution is -0.147. The molecule has 3 aromatic carbocycles. The van der Waals surface area contributed by atoms with Crippen molar-refractivity contribution in [1.82, 2.24) is 0 Å². The van der Waals surface area contributed by atoms with Crippen LogP contribution in [0, 0.1) is 5.41 Å². The van der Waals surface area contributed by atoms with Crippen molar-refractivity contribution in [2.45, 2.75) is 59.0 Å². The van der Waals surface area contributed by atoms with E-state index in [1.807, 2.05) is 43.3 Å². The van der Waals surface area contributed by atoms with Crippen molar-refractivity contribution in [2.75, 3.05) is 16.4 Å².